The first kappa shape index (κ1) is 16.4. The van der Waals surface area contributed by atoms with Crippen LogP contribution in [0.1, 0.15) is 35.5 Å². The summed E-state index contributed by atoms with van der Waals surface area (Å²) in [5, 5.41) is 6.14. The lowest BCUT2D eigenvalue weighted by Gasteiger charge is -2.14. The van der Waals surface area contributed by atoms with E-state index in [-0.39, 0.29) is 18.1 Å². The number of amides is 1. The second-order valence-corrected chi connectivity index (χ2v) is 5.71. The number of alkyl halides is 3. The van der Waals surface area contributed by atoms with Crippen LogP contribution in [0.5, 0.6) is 0 Å². The van der Waals surface area contributed by atoms with Crippen molar-refractivity contribution in [2.24, 2.45) is 0 Å². The molecule has 1 aliphatic rings. The molecule has 0 aromatic carbocycles. The molecule has 6 nitrogen and oxygen atoms in total. The molecule has 0 unspecified atom stereocenters. The van der Waals surface area contributed by atoms with Crippen molar-refractivity contribution < 1.29 is 18.0 Å². The fourth-order valence-corrected chi connectivity index (χ4v) is 2.84. The third-order valence-electron chi connectivity index (χ3n) is 3.86. The number of aromatic nitrogens is 4. The maximum atomic E-state index is 13.1. The molecule has 128 valence electrons. The normalized spacial score (nSPS) is 14.3. The molecular formula is C15H16F3N5O. The SMILES string of the molecule is Cc1ccnc(NC(=O)Cn2nc(C(F)(F)F)c3c2CCCC3)n1. The van der Waals surface area contributed by atoms with E-state index in [1.165, 1.54) is 6.20 Å². The first-order valence-electron chi connectivity index (χ1n) is 7.60. The molecule has 0 bridgehead atoms. The highest BCUT2D eigenvalue weighted by molar-refractivity contribution is 5.88. The van der Waals surface area contributed by atoms with Crippen LogP contribution in [0.25, 0.3) is 0 Å². The van der Waals surface area contributed by atoms with Gasteiger partial charge in [-0.2, -0.15) is 18.3 Å². The number of carbonyl (C=O) groups excluding carboxylic acids is 1. The summed E-state index contributed by atoms with van der Waals surface area (Å²) in [7, 11) is 0. The van der Waals surface area contributed by atoms with Crippen LogP contribution in [-0.4, -0.2) is 25.7 Å². The molecule has 0 spiro atoms. The van der Waals surface area contributed by atoms with Gasteiger partial charge in [0, 0.05) is 23.1 Å². The van der Waals surface area contributed by atoms with Crippen molar-refractivity contribution in [2.45, 2.75) is 45.3 Å². The number of hydrogen-bond acceptors (Lipinski definition) is 4. The minimum absolute atomic E-state index is 0.122. The lowest BCUT2D eigenvalue weighted by Crippen LogP contribution is -2.23. The summed E-state index contributed by atoms with van der Waals surface area (Å²) in [6.07, 6.45) is -0.693. The van der Waals surface area contributed by atoms with Gasteiger partial charge in [0.15, 0.2) is 5.69 Å². The molecule has 24 heavy (non-hydrogen) atoms. The van der Waals surface area contributed by atoms with Crippen molar-refractivity contribution in [3.8, 4) is 0 Å². The van der Waals surface area contributed by atoms with Crippen LogP contribution in [0.2, 0.25) is 0 Å². The van der Waals surface area contributed by atoms with Gasteiger partial charge in [0.2, 0.25) is 11.9 Å². The van der Waals surface area contributed by atoms with Gasteiger partial charge in [-0.05, 0) is 38.7 Å². The predicted molar refractivity (Wildman–Crippen MR) is 79.3 cm³/mol. The summed E-state index contributed by atoms with van der Waals surface area (Å²) in [6, 6.07) is 1.68. The summed E-state index contributed by atoms with van der Waals surface area (Å²) < 4.78 is 40.5. The maximum Gasteiger partial charge on any atom is 0.435 e. The average molecular weight is 339 g/mol. The van der Waals surface area contributed by atoms with Gasteiger partial charge in [-0.15, -0.1) is 0 Å². The van der Waals surface area contributed by atoms with Gasteiger partial charge < -0.3 is 0 Å². The number of nitrogens with one attached hydrogen (secondary N) is 1. The average Bonchev–Trinajstić information content (AvgIpc) is 2.86. The number of nitrogens with zero attached hydrogens (tertiary/aromatic N) is 4. The van der Waals surface area contributed by atoms with E-state index in [0.29, 0.717) is 30.7 Å². The van der Waals surface area contributed by atoms with Gasteiger partial charge in [0.25, 0.3) is 0 Å². The smallest absolute Gasteiger partial charge is 0.293 e. The molecule has 2 heterocycles. The standard InChI is InChI=1S/C15H16F3N5O/c1-9-6-7-19-14(20-9)21-12(24)8-23-11-5-3-2-4-10(11)13(22-23)15(16,17)18/h6-7H,2-5,8H2,1H3,(H,19,20,21,24). The zero-order chi connectivity index (χ0) is 17.3. The van der Waals surface area contributed by atoms with Crippen LogP contribution >= 0.6 is 0 Å². The molecule has 1 N–H and O–H groups in total. The summed E-state index contributed by atoms with van der Waals surface area (Å²) in [4.78, 5) is 20.0. The van der Waals surface area contributed by atoms with Crippen molar-refractivity contribution in [1.29, 1.82) is 0 Å². The van der Waals surface area contributed by atoms with Crippen molar-refractivity contribution in [3.05, 3.63) is 34.9 Å². The van der Waals surface area contributed by atoms with Gasteiger partial charge in [0.1, 0.15) is 6.54 Å². The number of aryl methyl sites for hydroxylation is 1. The quantitative estimate of drug-likeness (QED) is 0.933. The largest absolute Gasteiger partial charge is 0.435 e. The highest BCUT2D eigenvalue weighted by atomic mass is 19.4. The minimum Gasteiger partial charge on any atom is -0.293 e. The Balaban J connectivity index is 1.82. The second kappa shape index (κ2) is 6.21. The molecule has 1 amide bonds. The third kappa shape index (κ3) is 3.39. The number of hydrogen-bond donors (Lipinski definition) is 1. The van der Waals surface area contributed by atoms with E-state index in [1.807, 2.05) is 0 Å². The number of anilines is 1. The van der Waals surface area contributed by atoms with Gasteiger partial charge in [-0.25, -0.2) is 9.97 Å². The Morgan fingerprint density at radius 1 is 1.33 bits per heavy atom. The fraction of sp³-hybridized carbons (Fsp3) is 0.467. The van der Waals surface area contributed by atoms with Gasteiger partial charge in [0.05, 0.1) is 0 Å². The predicted octanol–water partition coefficient (Wildman–Crippen LogP) is 2.52. The number of carbonyl (C=O) groups is 1. The van der Waals surface area contributed by atoms with Crippen LogP contribution in [0.15, 0.2) is 12.3 Å². The molecule has 0 saturated carbocycles. The van der Waals surface area contributed by atoms with E-state index in [4.69, 9.17) is 0 Å². The Bertz CT molecular complexity index is 769. The van der Waals surface area contributed by atoms with E-state index in [1.54, 1.807) is 13.0 Å². The molecule has 2 aromatic rings. The number of halogens is 3. The second-order valence-electron chi connectivity index (χ2n) is 5.71. The van der Waals surface area contributed by atoms with Crippen molar-refractivity contribution in [3.63, 3.8) is 0 Å². The molecule has 0 saturated heterocycles. The summed E-state index contributed by atoms with van der Waals surface area (Å²) in [6.45, 7) is 1.45. The molecular weight excluding hydrogens is 323 g/mol. The zero-order valence-corrected chi connectivity index (χ0v) is 13.0. The Morgan fingerprint density at radius 3 is 2.79 bits per heavy atom. The van der Waals surface area contributed by atoms with Crippen molar-refractivity contribution in [2.75, 3.05) is 5.32 Å². The van der Waals surface area contributed by atoms with Crippen LogP contribution in [-0.2, 0) is 30.4 Å². The molecule has 0 fully saturated rings. The third-order valence-corrected chi connectivity index (χ3v) is 3.86. The van der Waals surface area contributed by atoms with E-state index >= 15 is 0 Å². The molecule has 0 atom stereocenters. The Labute approximate surface area is 136 Å². The highest BCUT2D eigenvalue weighted by Gasteiger charge is 2.39. The molecule has 1 aliphatic carbocycles. The van der Waals surface area contributed by atoms with Crippen molar-refractivity contribution >= 4 is 11.9 Å². The number of rotatable bonds is 3. The Morgan fingerprint density at radius 2 is 2.08 bits per heavy atom. The summed E-state index contributed by atoms with van der Waals surface area (Å²) in [5.74, 6) is -0.387. The zero-order valence-electron chi connectivity index (χ0n) is 13.0. The lowest BCUT2D eigenvalue weighted by molar-refractivity contribution is -0.142. The molecule has 2 aromatic heterocycles. The lowest BCUT2D eigenvalue weighted by atomic mass is 9.95. The monoisotopic (exact) mass is 339 g/mol. The van der Waals surface area contributed by atoms with Gasteiger partial charge in [-0.1, -0.05) is 0 Å². The first-order valence-corrected chi connectivity index (χ1v) is 7.60. The molecule has 0 radical (unpaired) electrons. The molecule has 0 aliphatic heterocycles. The van der Waals surface area contributed by atoms with E-state index in [9.17, 15) is 18.0 Å². The van der Waals surface area contributed by atoms with Crippen LogP contribution < -0.4 is 5.32 Å². The first-order chi connectivity index (χ1) is 11.3. The van der Waals surface area contributed by atoms with E-state index in [0.717, 1.165) is 11.1 Å². The molecule has 9 heteroatoms. The Hall–Kier alpha value is -2.45. The van der Waals surface area contributed by atoms with Crippen LogP contribution in [0.4, 0.5) is 19.1 Å². The van der Waals surface area contributed by atoms with Gasteiger partial charge in [-0.3, -0.25) is 14.8 Å². The van der Waals surface area contributed by atoms with Crippen LogP contribution in [0, 0.1) is 6.92 Å². The number of fused-ring (bicyclic) bond motifs is 1. The van der Waals surface area contributed by atoms with Gasteiger partial charge >= 0.3 is 6.18 Å². The molecule has 3 rings (SSSR count). The summed E-state index contributed by atoms with van der Waals surface area (Å²) in [5.41, 5.74) is 0.509. The summed E-state index contributed by atoms with van der Waals surface area (Å²) >= 11 is 0. The topological polar surface area (TPSA) is 72.7 Å². The minimum atomic E-state index is -4.51. The highest BCUT2D eigenvalue weighted by Crippen LogP contribution is 2.35. The van der Waals surface area contributed by atoms with Crippen LogP contribution in [0.3, 0.4) is 0 Å². The van der Waals surface area contributed by atoms with E-state index < -0.39 is 17.8 Å². The fourth-order valence-electron chi connectivity index (χ4n) is 2.84. The van der Waals surface area contributed by atoms with Crippen molar-refractivity contribution in [1.82, 2.24) is 19.7 Å². The Kier molecular flexibility index (Phi) is 4.25. The van der Waals surface area contributed by atoms with E-state index in [2.05, 4.69) is 20.4 Å². The maximum absolute atomic E-state index is 13.1.